The predicted molar refractivity (Wildman–Crippen MR) is 268 cm³/mol. The van der Waals surface area contributed by atoms with Gasteiger partial charge < -0.3 is 5.73 Å². The van der Waals surface area contributed by atoms with Crippen molar-refractivity contribution < 1.29 is 23.4 Å². The molecule has 0 radical (unpaired) electrons. The van der Waals surface area contributed by atoms with Crippen LogP contribution in [0.2, 0.25) is 0 Å². The molecule has 14 rings (SSSR count). The van der Waals surface area contributed by atoms with Crippen molar-refractivity contribution in [3.8, 4) is 0 Å². The van der Waals surface area contributed by atoms with Crippen molar-refractivity contribution in [2.24, 2.45) is 23.5 Å². The highest BCUT2D eigenvalue weighted by molar-refractivity contribution is 8.26. The van der Waals surface area contributed by atoms with E-state index in [9.17, 15) is 9.59 Å². The summed E-state index contributed by atoms with van der Waals surface area (Å²) in [4.78, 5) is 47.0. The normalized spacial score (nSPS) is 24.4. The van der Waals surface area contributed by atoms with Gasteiger partial charge in [-0.2, -0.15) is 9.59 Å². The highest BCUT2D eigenvalue weighted by Crippen LogP contribution is 2.59. The zero-order chi connectivity index (χ0) is 45.8. The number of hydrogen-bond donors (Lipinski definition) is 1. The summed E-state index contributed by atoms with van der Waals surface area (Å²) in [5.74, 6) is 2.66. The molecular formula is C49H54Cl3N3O5S4. The average molecular weight is 1000 g/mol. The number of aryl methyl sites for hydroxylation is 3. The molecule has 2 unspecified atom stereocenters. The summed E-state index contributed by atoms with van der Waals surface area (Å²) in [5.41, 5.74) is 11.0. The largest absolute Gasteiger partial charge is 0.373 e. The van der Waals surface area contributed by atoms with Crippen molar-refractivity contribution in [1.29, 1.82) is 0 Å². The second kappa shape index (κ2) is 21.4. The van der Waals surface area contributed by atoms with Crippen LogP contribution in [0.15, 0.2) is 78.2 Å². The highest BCUT2D eigenvalue weighted by Gasteiger charge is 2.60. The molecule has 64 heavy (non-hydrogen) atoms. The smallest absolute Gasteiger partial charge is 0.326 e. The van der Waals surface area contributed by atoms with Crippen LogP contribution in [0.4, 0.5) is 0 Å². The highest BCUT2D eigenvalue weighted by atomic mass is 36.0. The Morgan fingerprint density at radius 2 is 1.12 bits per heavy atom. The maximum atomic E-state index is 13.0. The SMILES string of the molecule is Cc1ccc2cc(C(=O)CC3C4CCN(CC4)C34CC4)sc2c1.Cc1ccc2cc(C(=O)Cl)sc2c1.Cc1ccc2ccsc2c1.NC1C2CCN(CC2)C12CC2.O=C=O.O=S(Cl)Cl. The van der Waals surface area contributed by atoms with E-state index >= 15 is 0 Å². The van der Waals surface area contributed by atoms with Gasteiger partial charge in [-0.05, 0) is 202 Å². The molecule has 4 bridgehead atoms. The standard InChI is InChI=1S/C20H23NOS.C10H7ClOS.C9H16N2.C9H8S.CO2.Cl2OS/c1-13-2-3-15-11-19(23-18(15)10-13)17(22)12-16-14-4-8-21(9-5-14)20(16)6-7-20;1-6-2-3-7-5-9(10(11)12)13-8(7)4-6;10-8-7-1-5-11(6-2-7)9(8)3-4-9;1-7-2-3-8-4-5-10-9(8)6-7;2-1-3;1-4(2)3/h2-3,10-11,14,16H,4-9,12H2,1H3;2-5H,1H3;7-8H,1-6,10H2;2-6H,1H3;;. The third-order valence-electron chi connectivity index (χ3n) is 14.1. The molecule has 8 fully saturated rings. The number of halogens is 3. The van der Waals surface area contributed by atoms with Crippen LogP contribution >= 0.6 is 67.0 Å². The topological polar surface area (TPSA) is 118 Å². The number of piperidine rings is 6. The lowest BCUT2D eigenvalue weighted by Crippen LogP contribution is -2.63. The van der Waals surface area contributed by atoms with E-state index < -0.39 is 9.23 Å². The second-order valence-corrected chi connectivity index (χ2v) is 23.9. The Balaban J connectivity index is 0.000000128. The molecule has 2 N–H and O–H groups in total. The molecule has 6 aliphatic heterocycles. The fourth-order valence-corrected chi connectivity index (χ4v) is 13.8. The molecule has 9 heterocycles. The van der Waals surface area contributed by atoms with Crippen molar-refractivity contribution >= 4 is 124 Å². The van der Waals surface area contributed by atoms with Crippen LogP contribution in [0.25, 0.3) is 30.3 Å². The number of thiophene rings is 3. The van der Waals surface area contributed by atoms with Crippen molar-refractivity contribution in [1.82, 2.24) is 9.80 Å². The van der Waals surface area contributed by atoms with Crippen LogP contribution in [-0.4, -0.2) is 74.5 Å². The van der Waals surface area contributed by atoms with Crippen LogP contribution in [-0.2, 0) is 18.8 Å². The number of carbonyl (C=O) groups excluding carboxylic acids is 4. The molecule has 2 saturated carbocycles. The summed E-state index contributed by atoms with van der Waals surface area (Å²) in [6.45, 7) is 11.5. The fourth-order valence-electron chi connectivity index (χ4n) is 10.6. The summed E-state index contributed by atoms with van der Waals surface area (Å²) < 4.78 is 12.8. The lowest BCUT2D eigenvalue weighted by Gasteiger charge is -2.52. The van der Waals surface area contributed by atoms with Gasteiger partial charge in [0.25, 0.3) is 5.24 Å². The first-order valence-electron chi connectivity index (χ1n) is 21.8. The van der Waals surface area contributed by atoms with Gasteiger partial charge in [0.15, 0.2) is 5.78 Å². The van der Waals surface area contributed by atoms with Gasteiger partial charge in [0.2, 0.25) is 9.23 Å². The summed E-state index contributed by atoms with van der Waals surface area (Å²) in [6.07, 6.45) is 11.8. The maximum Gasteiger partial charge on any atom is 0.373 e. The van der Waals surface area contributed by atoms with E-state index in [2.05, 4.69) is 105 Å². The molecule has 3 aromatic heterocycles. The Bertz CT molecular complexity index is 2640. The lowest BCUT2D eigenvalue weighted by molar-refractivity contribution is -0.191. The first kappa shape index (κ1) is 49.1. The molecule has 0 amide bonds. The summed E-state index contributed by atoms with van der Waals surface area (Å²) >= 11 is 10.3. The molecule has 3 aromatic carbocycles. The Labute approximate surface area is 403 Å². The van der Waals surface area contributed by atoms with E-state index in [1.807, 2.05) is 25.1 Å². The van der Waals surface area contributed by atoms with Crippen molar-refractivity contribution in [3.63, 3.8) is 0 Å². The van der Waals surface area contributed by atoms with Crippen molar-refractivity contribution in [2.45, 2.75) is 95.7 Å². The minimum Gasteiger partial charge on any atom is -0.326 e. The van der Waals surface area contributed by atoms with Gasteiger partial charge in [0.05, 0.1) is 9.75 Å². The number of Topliss-reactive ketones (excluding diaryl/α,β-unsaturated/α-hetero) is 1. The monoisotopic (exact) mass is 997 g/mol. The van der Waals surface area contributed by atoms with E-state index in [1.165, 1.54) is 126 Å². The number of nitrogens with two attached hydrogens (primary N) is 1. The number of rotatable bonds is 4. The predicted octanol–water partition coefficient (Wildman–Crippen LogP) is 12.5. The summed E-state index contributed by atoms with van der Waals surface area (Å²) in [5, 5.41) is 5.41. The van der Waals surface area contributed by atoms with Crippen LogP contribution in [0.5, 0.6) is 0 Å². The van der Waals surface area contributed by atoms with Crippen LogP contribution in [0.3, 0.4) is 0 Å². The minimum absolute atomic E-state index is 0.250. The zero-order valence-electron chi connectivity index (χ0n) is 36.3. The Morgan fingerprint density at radius 3 is 1.59 bits per heavy atom. The van der Waals surface area contributed by atoms with Gasteiger partial charge in [0, 0.05) is 59.0 Å². The molecule has 2 aliphatic carbocycles. The fraction of sp³-hybridized carbons (Fsp3) is 0.449. The number of benzene rings is 3. The Morgan fingerprint density at radius 1 is 0.688 bits per heavy atom. The summed E-state index contributed by atoms with van der Waals surface area (Å²) in [7, 11) is 7.36. The molecule has 2 atom stereocenters. The van der Waals surface area contributed by atoms with Gasteiger partial charge in [-0.3, -0.25) is 19.4 Å². The Hall–Kier alpha value is -2.84. The third kappa shape index (κ3) is 11.5. The molecular weight excluding hydrogens is 945 g/mol. The van der Waals surface area contributed by atoms with Crippen molar-refractivity contribution in [2.75, 3.05) is 26.2 Å². The molecule has 340 valence electrons. The number of nitrogens with zero attached hydrogens (tertiary/aromatic N) is 2. The minimum atomic E-state index is -1.67. The first-order chi connectivity index (χ1) is 30.7. The van der Waals surface area contributed by atoms with E-state index in [1.54, 1.807) is 22.7 Å². The number of fused-ring (bicyclic) bond motifs is 7. The zero-order valence-corrected chi connectivity index (χ0v) is 41.8. The van der Waals surface area contributed by atoms with E-state index in [0.717, 1.165) is 33.2 Å². The molecule has 2 spiro atoms. The van der Waals surface area contributed by atoms with Crippen LogP contribution < -0.4 is 5.73 Å². The van der Waals surface area contributed by atoms with Gasteiger partial charge in [-0.15, -0.1) is 34.0 Å². The third-order valence-corrected chi connectivity index (χ3v) is 17.5. The van der Waals surface area contributed by atoms with E-state index in [4.69, 9.17) is 31.1 Å². The summed E-state index contributed by atoms with van der Waals surface area (Å²) in [6, 6.07) is 25.7. The molecule has 6 saturated heterocycles. The number of carbonyl (C=O) groups is 2. The van der Waals surface area contributed by atoms with E-state index in [0.29, 0.717) is 33.7 Å². The molecule has 6 aromatic rings. The lowest BCUT2D eigenvalue weighted by atomic mass is 9.70. The molecule has 8 aliphatic rings. The molecule has 8 nitrogen and oxygen atoms in total. The number of ketones is 1. The average Bonchev–Trinajstić information content (AvgIpc) is 4.06. The Kier molecular flexibility index (Phi) is 16.4. The van der Waals surface area contributed by atoms with Crippen LogP contribution in [0.1, 0.15) is 93.8 Å². The van der Waals surface area contributed by atoms with Gasteiger partial charge in [-0.1, -0.05) is 36.4 Å². The van der Waals surface area contributed by atoms with Crippen LogP contribution in [0, 0.1) is 38.5 Å². The van der Waals surface area contributed by atoms with Gasteiger partial charge in [-0.25, -0.2) is 4.21 Å². The molecule has 15 heteroatoms. The van der Waals surface area contributed by atoms with Gasteiger partial charge >= 0.3 is 6.15 Å². The van der Waals surface area contributed by atoms with E-state index in [-0.39, 0.29) is 11.4 Å². The first-order valence-corrected chi connectivity index (χ1v) is 27.5. The number of hydrogen-bond acceptors (Lipinski definition) is 11. The quantitative estimate of drug-likeness (QED) is 0.137. The van der Waals surface area contributed by atoms with Gasteiger partial charge in [0.1, 0.15) is 0 Å². The maximum absolute atomic E-state index is 13.0. The second-order valence-electron chi connectivity index (χ2n) is 17.9. The van der Waals surface area contributed by atoms with Crippen molar-refractivity contribution in [3.05, 3.63) is 105 Å².